The summed E-state index contributed by atoms with van der Waals surface area (Å²) in [5, 5.41) is 3.62. The Morgan fingerprint density at radius 1 is 1.30 bits per heavy atom. The molecule has 4 heteroatoms. The third kappa shape index (κ3) is 6.25. The summed E-state index contributed by atoms with van der Waals surface area (Å²) in [4.78, 5) is 0. The van der Waals surface area contributed by atoms with E-state index in [1.807, 2.05) is 6.07 Å². The number of benzene rings is 1. The molecule has 0 spiro atoms. The van der Waals surface area contributed by atoms with Crippen LogP contribution >= 0.6 is 15.9 Å². The van der Waals surface area contributed by atoms with Crippen molar-refractivity contribution in [2.45, 2.75) is 38.6 Å². The van der Waals surface area contributed by atoms with Gasteiger partial charge in [-0.05, 0) is 56.0 Å². The Bertz CT molecular complexity index is 385. The first-order chi connectivity index (χ1) is 9.71. The van der Waals surface area contributed by atoms with Crippen LogP contribution in [0.1, 0.15) is 31.7 Å². The van der Waals surface area contributed by atoms with Gasteiger partial charge in [-0.15, -0.1) is 0 Å². The van der Waals surface area contributed by atoms with E-state index in [1.54, 1.807) is 14.2 Å². The van der Waals surface area contributed by atoms with E-state index in [4.69, 9.17) is 9.47 Å². The van der Waals surface area contributed by atoms with E-state index >= 15 is 0 Å². The van der Waals surface area contributed by atoms with Gasteiger partial charge in [0.2, 0.25) is 0 Å². The summed E-state index contributed by atoms with van der Waals surface area (Å²) in [7, 11) is 3.46. The Labute approximate surface area is 131 Å². The molecule has 0 amide bonds. The van der Waals surface area contributed by atoms with Gasteiger partial charge in [0.1, 0.15) is 5.75 Å². The predicted octanol–water partition coefficient (Wildman–Crippen LogP) is 3.80. The third-order valence-corrected chi connectivity index (χ3v) is 4.08. The van der Waals surface area contributed by atoms with E-state index in [1.165, 1.54) is 5.56 Å². The molecule has 0 radical (unpaired) electrons. The van der Waals surface area contributed by atoms with Gasteiger partial charge in [0.15, 0.2) is 0 Å². The van der Waals surface area contributed by atoms with Crippen LogP contribution < -0.4 is 10.1 Å². The maximum absolute atomic E-state index is 5.31. The topological polar surface area (TPSA) is 30.5 Å². The zero-order chi connectivity index (χ0) is 14.8. The highest BCUT2D eigenvalue weighted by atomic mass is 79.9. The molecule has 0 bridgehead atoms. The molecular weight excluding hydrogens is 318 g/mol. The van der Waals surface area contributed by atoms with Crippen molar-refractivity contribution in [3.05, 3.63) is 28.2 Å². The molecular formula is C16H26BrNO2. The van der Waals surface area contributed by atoms with Gasteiger partial charge in [-0.25, -0.2) is 0 Å². The van der Waals surface area contributed by atoms with Gasteiger partial charge in [-0.2, -0.15) is 0 Å². The molecule has 0 aromatic heterocycles. The van der Waals surface area contributed by atoms with Crippen molar-refractivity contribution in [2.24, 2.45) is 0 Å². The maximum atomic E-state index is 5.31. The normalized spacial score (nSPS) is 12.4. The molecule has 20 heavy (non-hydrogen) atoms. The van der Waals surface area contributed by atoms with Crippen molar-refractivity contribution in [2.75, 3.05) is 27.4 Å². The first kappa shape index (κ1) is 17.5. The standard InChI is InChI=1S/C16H26BrNO2/c1-4-9-18-14(6-5-10-19-2)11-13-12-15(20-3)7-8-16(13)17/h7-8,12,14,18H,4-6,9-11H2,1-3H3. The van der Waals surface area contributed by atoms with E-state index in [2.05, 4.69) is 40.3 Å². The van der Waals surface area contributed by atoms with Gasteiger partial charge in [0, 0.05) is 24.2 Å². The third-order valence-electron chi connectivity index (χ3n) is 3.30. The molecule has 1 rings (SSSR count). The Morgan fingerprint density at radius 3 is 2.75 bits per heavy atom. The molecule has 1 aromatic rings. The largest absolute Gasteiger partial charge is 0.497 e. The van der Waals surface area contributed by atoms with E-state index < -0.39 is 0 Å². The van der Waals surface area contributed by atoms with Crippen LogP contribution in [0.2, 0.25) is 0 Å². The van der Waals surface area contributed by atoms with Gasteiger partial charge in [0.25, 0.3) is 0 Å². The van der Waals surface area contributed by atoms with Crippen molar-refractivity contribution in [3.8, 4) is 5.75 Å². The highest BCUT2D eigenvalue weighted by molar-refractivity contribution is 9.10. The Kier molecular flexibility index (Phi) is 8.90. The van der Waals surface area contributed by atoms with Crippen LogP contribution in [-0.2, 0) is 11.2 Å². The summed E-state index contributed by atoms with van der Waals surface area (Å²) >= 11 is 3.63. The van der Waals surface area contributed by atoms with Gasteiger partial charge in [0.05, 0.1) is 7.11 Å². The van der Waals surface area contributed by atoms with Crippen LogP contribution in [0.4, 0.5) is 0 Å². The number of methoxy groups -OCH3 is 2. The van der Waals surface area contributed by atoms with Crippen LogP contribution in [0.5, 0.6) is 5.75 Å². The van der Waals surface area contributed by atoms with Crippen molar-refractivity contribution in [3.63, 3.8) is 0 Å². The lowest BCUT2D eigenvalue weighted by Gasteiger charge is -2.19. The van der Waals surface area contributed by atoms with Gasteiger partial charge in [-0.1, -0.05) is 22.9 Å². The van der Waals surface area contributed by atoms with Gasteiger partial charge >= 0.3 is 0 Å². The number of hydrogen-bond acceptors (Lipinski definition) is 3. The zero-order valence-corrected chi connectivity index (χ0v) is 14.3. The van der Waals surface area contributed by atoms with Crippen molar-refractivity contribution in [1.29, 1.82) is 0 Å². The van der Waals surface area contributed by atoms with E-state index in [9.17, 15) is 0 Å². The fraction of sp³-hybridized carbons (Fsp3) is 0.625. The van der Waals surface area contributed by atoms with Crippen LogP contribution in [-0.4, -0.2) is 33.4 Å². The number of rotatable bonds is 10. The quantitative estimate of drug-likeness (QED) is 0.655. The van der Waals surface area contributed by atoms with Gasteiger partial charge < -0.3 is 14.8 Å². The summed E-state index contributed by atoms with van der Waals surface area (Å²) in [6.45, 7) is 4.07. The molecule has 0 aliphatic heterocycles. The first-order valence-corrected chi connectivity index (χ1v) is 8.05. The Balaban J connectivity index is 2.66. The van der Waals surface area contributed by atoms with E-state index in [0.717, 1.165) is 49.1 Å². The second-order valence-electron chi connectivity index (χ2n) is 4.95. The fourth-order valence-corrected chi connectivity index (χ4v) is 2.61. The minimum Gasteiger partial charge on any atom is -0.497 e. The number of hydrogen-bond donors (Lipinski definition) is 1. The molecule has 0 fully saturated rings. The minimum absolute atomic E-state index is 0.480. The lowest BCUT2D eigenvalue weighted by molar-refractivity contribution is 0.188. The van der Waals surface area contributed by atoms with E-state index in [-0.39, 0.29) is 0 Å². The number of ether oxygens (including phenoxy) is 2. The molecule has 1 N–H and O–H groups in total. The summed E-state index contributed by atoms with van der Waals surface area (Å²) in [5.41, 5.74) is 1.29. The van der Waals surface area contributed by atoms with Crippen molar-refractivity contribution >= 4 is 15.9 Å². The van der Waals surface area contributed by atoms with Crippen molar-refractivity contribution < 1.29 is 9.47 Å². The summed E-state index contributed by atoms with van der Waals surface area (Å²) in [5.74, 6) is 0.911. The van der Waals surface area contributed by atoms with Crippen LogP contribution in [0, 0.1) is 0 Å². The summed E-state index contributed by atoms with van der Waals surface area (Å²) in [6, 6.07) is 6.63. The Hall–Kier alpha value is -0.580. The average molecular weight is 344 g/mol. The Morgan fingerprint density at radius 2 is 2.10 bits per heavy atom. The van der Waals surface area contributed by atoms with Gasteiger partial charge in [-0.3, -0.25) is 0 Å². The smallest absolute Gasteiger partial charge is 0.119 e. The zero-order valence-electron chi connectivity index (χ0n) is 12.7. The maximum Gasteiger partial charge on any atom is 0.119 e. The minimum atomic E-state index is 0.480. The molecule has 1 unspecified atom stereocenters. The summed E-state index contributed by atoms with van der Waals surface area (Å²) < 4.78 is 11.6. The molecule has 3 nitrogen and oxygen atoms in total. The monoisotopic (exact) mass is 343 g/mol. The highest BCUT2D eigenvalue weighted by Gasteiger charge is 2.11. The highest BCUT2D eigenvalue weighted by Crippen LogP contribution is 2.24. The van der Waals surface area contributed by atoms with Crippen LogP contribution in [0.15, 0.2) is 22.7 Å². The molecule has 0 heterocycles. The average Bonchev–Trinajstić information content (AvgIpc) is 2.46. The second-order valence-corrected chi connectivity index (χ2v) is 5.80. The van der Waals surface area contributed by atoms with Crippen LogP contribution in [0.3, 0.4) is 0 Å². The fourth-order valence-electron chi connectivity index (χ4n) is 2.20. The van der Waals surface area contributed by atoms with E-state index in [0.29, 0.717) is 6.04 Å². The van der Waals surface area contributed by atoms with Crippen LogP contribution in [0.25, 0.3) is 0 Å². The number of nitrogens with one attached hydrogen (secondary N) is 1. The first-order valence-electron chi connectivity index (χ1n) is 7.26. The molecule has 0 saturated heterocycles. The lowest BCUT2D eigenvalue weighted by Crippen LogP contribution is -2.32. The summed E-state index contributed by atoms with van der Waals surface area (Å²) in [6.07, 6.45) is 4.36. The SMILES string of the molecule is CCCNC(CCCOC)Cc1cc(OC)ccc1Br. The molecule has 1 atom stereocenters. The molecule has 114 valence electrons. The molecule has 0 aliphatic rings. The molecule has 1 aromatic carbocycles. The molecule has 0 aliphatic carbocycles. The van der Waals surface area contributed by atoms with Crippen molar-refractivity contribution in [1.82, 2.24) is 5.32 Å². The second kappa shape index (κ2) is 10.2. The predicted molar refractivity (Wildman–Crippen MR) is 87.6 cm³/mol. The lowest BCUT2D eigenvalue weighted by atomic mass is 10.0. The number of halogens is 1. The molecule has 0 saturated carbocycles.